The highest BCUT2D eigenvalue weighted by molar-refractivity contribution is 5.78. The molecule has 1 N–H and O–H groups in total. The number of carbonyl (C=O) groups excluding carboxylic acids is 2. The largest absolute Gasteiger partial charge is 0.469 e. The van der Waals surface area contributed by atoms with Gasteiger partial charge in [0.15, 0.2) is 0 Å². The summed E-state index contributed by atoms with van der Waals surface area (Å²) in [6.45, 7) is 5.94. The normalized spacial score (nSPS) is 10.3. The first-order valence-corrected chi connectivity index (χ1v) is 6.42. The minimum atomic E-state index is -0.279. The van der Waals surface area contributed by atoms with Gasteiger partial charge in [-0.1, -0.05) is 13.8 Å². The molecule has 0 rings (SSSR count). The molecule has 0 spiro atoms. The van der Waals surface area contributed by atoms with Gasteiger partial charge in [-0.3, -0.25) is 14.5 Å². The van der Waals surface area contributed by atoms with E-state index in [1.807, 2.05) is 11.0 Å². The van der Waals surface area contributed by atoms with Gasteiger partial charge in [0, 0.05) is 19.6 Å². The number of hydrogen-bond donors (Lipinski definition) is 1. The molecular weight excluding hydrogens is 246 g/mol. The number of ether oxygens (including phenoxy) is 1. The molecular formula is C13H23N3O3. The van der Waals surface area contributed by atoms with E-state index >= 15 is 0 Å². The number of esters is 1. The van der Waals surface area contributed by atoms with Gasteiger partial charge in [-0.25, -0.2) is 0 Å². The van der Waals surface area contributed by atoms with Crippen LogP contribution in [0.15, 0.2) is 0 Å². The molecule has 0 aromatic rings. The van der Waals surface area contributed by atoms with Crippen LogP contribution in [0.5, 0.6) is 0 Å². The van der Waals surface area contributed by atoms with E-state index in [-0.39, 0.29) is 24.8 Å². The van der Waals surface area contributed by atoms with Crippen LogP contribution in [-0.4, -0.2) is 50.1 Å². The number of hydrogen-bond acceptors (Lipinski definition) is 5. The first-order valence-electron chi connectivity index (χ1n) is 6.42. The Hall–Kier alpha value is -1.61. The number of nitrogens with one attached hydrogen (secondary N) is 1. The molecule has 19 heavy (non-hydrogen) atoms. The third-order valence-electron chi connectivity index (χ3n) is 2.41. The van der Waals surface area contributed by atoms with Crippen molar-refractivity contribution in [1.82, 2.24) is 10.2 Å². The maximum atomic E-state index is 11.6. The molecule has 6 nitrogen and oxygen atoms in total. The summed E-state index contributed by atoms with van der Waals surface area (Å²) in [7, 11) is 1.35. The summed E-state index contributed by atoms with van der Waals surface area (Å²) in [4.78, 5) is 24.7. The molecule has 1 amide bonds. The minimum Gasteiger partial charge on any atom is -0.469 e. The Bertz CT molecular complexity index is 324. The molecule has 0 aliphatic carbocycles. The van der Waals surface area contributed by atoms with Crippen LogP contribution in [0.2, 0.25) is 0 Å². The molecule has 0 saturated heterocycles. The zero-order valence-electron chi connectivity index (χ0n) is 11.9. The van der Waals surface area contributed by atoms with Crippen molar-refractivity contribution in [3.05, 3.63) is 0 Å². The molecule has 6 heteroatoms. The SMILES string of the molecule is COC(=O)CCN(CC(=O)NCCC#N)CC(C)C. The van der Waals surface area contributed by atoms with Gasteiger partial charge in [0.25, 0.3) is 0 Å². The van der Waals surface area contributed by atoms with E-state index in [1.54, 1.807) is 0 Å². The second-order valence-electron chi connectivity index (χ2n) is 4.71. The Morgan fingerprint density at radius 1 is 1.42 bits per heavy atom. The summed E-state index contributed by atoms with van der Waals surface area (Å²) < 4.78 is 4.59. The number of rotatable bonds is 9. The van der Waals surface area contributed by atoms with E-state index in [2.05, 4.69) is 23.9 Å². The Labute approximate surface area is 114 Å². The summed E-state index contributed by atoms with van der Waals surface area (Å²) in [6, 6.07) is 1.97. The maximum absolute atomic E-state index is 11.6. The van der Waals surface area contributed by atoms with Crippen LogP contribution < -0.4 is 5.32 Å². The monoisotopic (exact) mass is 269 g/mol. The third kappa shape index (κ3) is 10.0. The summed E-state index contributed by atoms with van der Waals surface area (Å²) in [5, 5.41) is 11.1. The van der Waals surface area contributed by atoms with Gasteiger partial charge >= 0.3 is 5.97 Å². The van der Waals surface area contributed by atoms with Crippen molar-refractivity contribution >= 4 is 11.9 Å². The Morgan fingerprint density at radius 3 is 2.63 bits per heavy atom. The van der Waals surface area contributed by atoms with E-state index in [0.29, 0.717) is 25.4 Å². The maximum Gasteiger partial charge on any atom is 0.306 e. The van der Waals surface area contributed by atoms with E-state index < -0.39 is 0 Å². The zero-order valence-corrected chi connectivity index (χ0v) is 11.9. The second-order valence-corrected chi connectivity index (χ2v) is 4.71. The number of nitriles is 1. The topological polar surface area (TPSA) is 82.4 Å². The van der Waals surface area contributed by atoms with Crippen LogP contribution in [-0.2, 0) is 14.3 Å². The molecule has 108 valence electrons. The lowest BCUT2D eigenvalue weighted by atomic mass is 10.2. The van der Waals surface area contributed by atoms with Gasteiger partial charge in [0.05, 0.1) is 32.6 Å². The summed E-state index contributed by atoms with van der Waals surface area (Å²) in [5.41, 5.74) is 0. The smallest absolute Gasteiger partial charge is 0.306 e. The highest BCUT2D eigenvalue weighted by atomic mass is 16.5. The fraction of sp³-hybridized carbons (Fsp3) is 0.769. The van der Waals surface area contributed by atoms with Crippen LogP contribution in [0.1, 0.15) is 26.7 Å². The van der Waals surface area contributed by atoms with Crippen molar-refractivity contribution in [2.24, 2.45) is 5.92 Å². The quantitative estimate of drug-likeness (QED) is 0.488. The molecule has 0 aliphatic heterocycles. The molecule has 0 fully saturated rings. The van der Waals surface area contributed by atoms with Crippen LogP contribution >= 0.6 is 0 Å². The van der Waals surface area contributed by atoms with Crippen LogP contribution in [0.3, 0.4) is 0 Å². The van der Waals surface area contributed by atoms with Gasteiger partial charge in [0.1, 0.15) is 0 Å². The highest BCUT2D eigenvalue weighted by Crippen LogP contribution is 2.00. The predicted octanol–water partition coefficient (Wildman–Crippen LogP) is 0.537. The lowest BCUT2D eigenvalue weighted by molar-refractivity contribution is -0.141. The molecule has 0 aromatic heterocycles. The van der Waals surface area contributed by atoms with Gasteiger partial charge in [-0.15, -0.1) is 0 Å². The number of methoxy groups -OCH3 is 1. The molecule has 0 unspecified atom stereocenters. The second kappa shape index (κ2) is 10.3. The molecule has 0 aromatic carbocycles. The summed E-state index contributed by atoms with van der Waals surface area (Å²) >= 11 is 0. The van der Waals surface area contributed by atoms with Crippen molar-refractivity contribution < 1.29 is 14.3 Å². The van der Waals surface area contributed by atoms with Gasteiger partial charge in [0.2, 0.25) is 5.91 Å². The molecule has 0 heterocycles. The van der Waals surface area contributed by atoms with Gasteiger partial charge < -0.3 is 10.1 Å². The molecule has 0 saturated carbocycles. The molecule has 0 radical (unpaired) electrons. The first-order chi connectivity index (χ1) is 8.99. The summed E-state index contributed by atoms with van der Waals surface area (Å²) in [6.07, 6.45) is 0.576. The highest BCUT2D eigenvalue weighted by Gasteiger charge is 2.13. The Kier molecular flexibility index (Phi) is 9.45. The van der Waals surface area contributed by atoms with E-state index in [9.17, 15) is 9.59 Å². The van der Waals surface area contributed by atoms with Crippen molar-refractivity contribution in [3.8, 4) is 6.07 Å². The van der Waals surface area contributed by atoms with Gasteiger partial charge in [-0.2, -0.15) is 5.26 Å². The minimum absolute atomic E-state index is 0.124. The molecule has 0 atom stereocenters. The van der Waals surface area contributed by atoms with Crippen molar-refractivity contribution in [1.29, 1.82) is 5.26 Å². The predicted molar refractivity (Wildman–Crippen MR) is 71.2 cm³/mol. The zero-order chi connectivity index (χ0) is 14.7. The molecule has 0 bridgehead atoms. The van der Waals surface area contributed by atoms with Crippen LogP contribution in [0.25, 0.3) is 0 Å². The van der Waals surface area contributed by atoms with E-state index in [0.717, 1.165) is 6.54 Å². The molecule has 0 aliphatic rings. The number of amides is 1. The average Bonchev–Trinajstić information content (AvgIpc) is 2.35. The fourth-order valence-corrected chi connectivity index (χ4v) is 1.62. The van der Waals surface area contributed by atoms with Crippen molar-refractivity contribution in [3.63, 3.8) is 0 Å². The lowest BCUT2D eigenvalue weighted by Gasteiger charge is -2.23. The lowest BCUT2D eigenvalue weighted by Crippen LogP contribution is -2.40. The fourth-order valence-electron chi connectivity index (χ4n) is 1.62. The Morgan fingerprint density at radius 2 is 2.11 bits per heavy atom. The number of nitrogens with zero attached hydrogens (tertiary/aromatic N) is 2. The average molecular weight is 269 g/mol. The Balaban J connectivity index is 4.14. The third-order valence-corrected chi connectivity index (χ3v) is 2.41. The van der Waals surface area contributed by atoms with E-state index in [1.165, 1.54) is 7.11 Å². The first kappa shape index (κ1) is 17.4. The van der Waals surface area contributed by atoms with Crippen LogP contribution in [0, 0.1) is 17.2 Å². The van der Waals surface area contributed by atoms with Gasteiger partial charge in [-0.05, 0) is 5.92 Å². The summed E-state index contributed by atoms with van der Waals surface area (Å²) in [5.74, 6) is 0.00367. The van der Waals surface area contributed by atoms with Crippen molar-refractivity contribution in [2.45, 2.75) is 26.7 Å². The standard InChI is InChI=1S/C13H23N3O3/c1-11(2)9-16(8-5-13(18)19-3)10-12(17)15-7-4-6-14/h11H,4-5,7-10H2,1-3H3,(H,15,17). The van der Waals surface area contributed by atoms with E-state index in [4.69, 9.17) is 5.26 Å². The number of carbonyl (C=O) groups is 2. The van der Waals surface area contributed by atoms with Crippen molar-refractivity contribution in [2.75, 3.05) is 33.3 Å². The van der Waals surface area contributed by atoms with Crippen LogP contribution in [0.4, 0.5) is 0 Å².